The second-order valence-corrected chi connectivity index (χ2v) is 8.72. The van der Waals surface area contributed by atoms with Gasteiger partial charge in [0.15, 0.2) is 11.6 Å². The first-order valence-electron chi connectivity index (χ1n) is 11.5. The van der Waals surface area contributed by atoms with Gasteiger partial charge in [0.05, 0.1) is 24.9 Å². The quantitative estimate of drug-likeness (QED) is 0.282. The van der Waals surface area contributed by atoms with Crippen LogP contribution in [-0.2, 0) is 18.3 Å². The van der Waals surface area contributed by atoms with Crippen LogP contribution in [0.2, 0.25) is 0 Å². The van der Waals surface area contributed by atoms with E-state index in [1.54, 1.807) is 36.0 Å². The number of aromatic nitrogens is 2. The number of halogens is 1. The molecule has 1 N–H and O–H groups in total. The van der Waals surface area contributed by atoms with Crippen molar-refractivity contribution in [3.63, 3.8) is 0 Å². The first-order chi connectivity index (χ1) is 16.4. The number of ether oxygens (including phenoxy) is 2. The van der Waals surface area contributed by atoms with Crippen LogP contribution in [-0.4, -0.2) is 52.2 Å². The molecule has 0 aliphatic carbocycles. The second-order valence-electron chi connectivity index (χ2n) is 8.72. The van der Waals surface area contributed by atoms with Crippen molar-refractivity contribution >= 4 is 0 Å². The van der Waals surface area contributed by atoms with E-state index in [2.05, 4.69) is 25.3 Å². The lowest BCUT2D eigenvalue weighted by atomic mass is 10.1. The zero-order valence-corrected chi connectivity index (χ0v) is 20.2. The fourth-order valence-electron chi connectivity index (χ4n) is 3.86. The minimum Gasteiger partial charge on any atom is -0.436 e. The predicted octanol–water partition coefficient (Wildman–Crippen LogP) is 5.04. The lowest BCUT2D eigenvalue weighted by Crippen LogP contribution is -2.37. The van der Waals surface area contributed by atoms with Gasteiger partial charge in [0.2, 0.25) is 5.88 Å². The van der Waals surface area contributed by atoms with E-state index >= 15 is 0 Å². The summed E-state index contributed by atoms with van der Waals surface area (Å²) in [6.07, 6.45) is 0.999. The summed E-state index contributed by atoms with van der Waals surface area (Å²) in [5.74, 6) is 0.536. The number of hydrogen-bond acceptors (Lipinski definition) is 5. The van der Waals surface area contributed by atoms with Crippen molar-refractivity contribution in [2.45, 2.75) is 26.5 Å². The lowest BCUT2D eigenvalue weighted by molar-refractivity contribution is 0.0222. The molecule has 0 saturated heterocycles. The van der Waals surface area contributed by atoms with Crippen molar-refractivity contribution in [3.8, 4) is 22.9 Å². The van der Waals surface area contributed by atoms with Crippen molar-refractivity contribution < 1.29 is 19.0 Å². The largest absolute Gasteiger partial charge is 0.436 e. The predicted molar refractivity (Wildman–Crippen MR) is 132 cm³/mol. The van der Waals surface area contributed by atoms with Gasteiger partial charge >= 0.3 is 0 Å². The number of nitrogens with zero attached hydrogens (tertiary/aromatic N) is 3. The molecule has 0 aliphatic heterocycles. The molecule has 6 nitrogen and oxygen atoms in total. The molecule has 2 aromatic carbocycles. The van der Waals surface area contributed by atoms with E-state index in [0.717, 1.165) is 23.4 Å². The summed E-state index contributed by atoms with van der Waals surface area (Å²) < 4.78 is 27.5. The van der Waals surface area contributed by atoms with Crippen molar-refractivity contribution in [3.05, 3.63) is 78.6 Å². The van der Waals surface area contributed by atoms with Crippen LogP contribution in [0.5, 0.6) is 11.6 Å². The molecule has 7 heteroatoms. The molecule has 3 rings (SSSR count). The van der Waals surface area contributed by atoms with Gasteiger partial charge in [-0.25, -0.2) is 9.07 Å². The van der Waals surface area contributed by atoms with E-state index in [1.165, 1.54) is 6.07 Å². The van der Waals surface area contributed by atoms with Crippen LogP contribution in [0.15, 0.2) is 67.3 Å². The third kappa shape index (κ3) is 7.00. The van der Waals surface area contributed by atoms with Crippen LogP contribution in [0.1, 0.15) is 19.4 Å². The van der Waals surface area contributed by atoms with Gasteiger partial charge < -0.3 is 14.6 Å². The van der Waals surface area contributed by atoms with E-state index in [0.29, 0.717) is 31.5 Å². The van der Waals surface area contributed by atoms with Crippen molar-refractivity contribution in [1.82, 2.24) is 14.7 Å². The highest BCUT2D eigenvalue weighted by Gasteiger charge is 2.24. The highest BCUT2D eigenvalue weighted by molar-refractivity contribution is 5.65. The van der Waals surface area contributed by atoms with Crippen LogP contribution in [0, 0.1) is 11.7 Å². The molecule has 0 spiro atoms. The molecule has 1 aromatic heterocycles. The Morgan fingerprint density at radius 3 is 2.50 bits per heavy atom. The Labute approximate surface area is 201 Å². The number of aliphatic hydroxyl groups excluding tert-OH is 1. The van der Waals surface area contributed by atoms with Crippen LogP contribution < -0.4 is 4.74 Å². The molecule has 0 fully saturated rings. The highest BCUT2D eigenvalue weighted by Crippen LogP contribution is 2.35. The van der Waals surface area contributed by atoms with Crippen LogP contribution in [0.25, 0.3) is 11.3 Å². The Morgan fingerprint density at radius 1 is 1.12 bits per heavy atom. The third-order valence-corrected chi connectivity index (χ3v) is 5.20. The third-order valence-electron chi connectivity index (χ3n) is 5.20. The normalized spacial score (nSPS) is 12.3. The topological polar surface area (TPSA) is 59.8 Å². The molecule has 34 heavy (non-hydrogen) atoms. The molecular formula is C27H34FN3O3. The summed E-state index contributed by atoms with van der Waals surface area (Å²) in [5.41, 5.74) is 2.54. The number of aliphatic hydroxyl groups is 1. The van der Waals surface area contributed by atoms with Gasteiger partial charge in [-0.3, -0.25) is 4.90 Å². The van der Waals surface area contributed by atoms with E-state index in [9.17, 15) is 9.50 Å². The van der Waals surface area contributed by atoms with E-state index in [-0.39, 0.29) is 12.4 Å². The van der Waals surface area contributed by atoms with Gasteiger partial charge in [0.25, 0.3) is 0 Å². The maximum atomic E-state index is 14.4. The molecule has 0 amide bonds. The van der Waals surface area contributed by atoms with Gasteiger partial charge in [-0.05, 0) is 18.1 Å². The summed E-state index contributed by atoms with van der Waals surface area (Å²) in [5, 5.41) is 15.3. The fraction of sp³-hybridized carbons (Fsp3) is 0.370. The first-order valence-corrected chi connectivity index (χ1v) is 11.5. The van der Waals surface area contributed by atoms with E-state index < -0.39 is 11.9 Å². The number of para-hydroxylation sites is 1. The summed E-state index contributed by atoms with van der Waals surface area (Å²) in [6, 6.07) is 16.2. The van der Waals surface area contributed by atoms with Gasteiger partial charge in [0, 0.05) is 32.2 Å². The molecule has 0 radical (unpaired) electrons. The van der Waals surface area contributed by atoms with Crippen molar-refractivity contribution in [2.75, 3.05) is 26.3 Å². The summed E-state index contributed by atoms with van der Waals surface area (Å²) in [7, 11) is 1.79. The average molecular weight is 468 g/mol. The molecule has 182 valence electrons. The molecular weight excluding hydrogens is 433 g/mol. The average Bonchev–Trinajstić information content (AvgIpc) is 3.10. The van der Waals surface area contributed by atoms with Gasteiger partial charge in [0.1, 0.15) is 5.69 Å². The molecule has 1 atom stereocenters. The molecule has 0 unspecified atom stereocenters. The van der Waals surface area contributed by atoms with Gasteiger partial charge in [-0.2, -0.15) is 5.10 Å². The number of hydrogen-bond donors (Lipinski definition) is 1. The van der Waals surface area contributed by atoms with Crippen LogP contribution >= 0.6 is 0 Å². The summed E-state index contributed by atoms with van der Waals surface area (Å²) >= 11 is 0. The Bertz CT molecular complexity index is 1050. The Morgan fingerprint density at radius 2 is 1.82 bits per heavy atom. The molecule has 0 aliphatic rings. The smallest absolute Gasteiger partial charge is 0.222 e. The Kier molecular flexibility index (Phi) is 9.39. The van der Waals surface area contributed by atoms with Gasteiger partial charge in [-0.1, -0.05) is 62.4 Å². The summed E-state index contributed by atoms with van der Waals surface area (Å²) in [4.78, 5) is 2.16. The number of aryl methyl sites for hydroxylation is 1. The van der Waals surface area contributed by atoms with E-state index in [1.807, 2.05) is 30.3 Å². The standard InChI is InChI=1S/C27H34FN3O3/c1-5-15-33-19-22(32)17-31(16-20(2)3)18-23-26(21-11-7-6-8-12-21)29-30(4)27(23)34-25-14-10-9-13-24(25)28/h5-14,20,22,32H,1,15-19H2,2-4H3/t22-/m1/s1. The fourth-order valence-corrected chi connectivity index (χ4v) is 3.86. The molecule has 0 bridgehead atoms. The van der Waals surface area contributed by atoms with Crippen molar-refractivity contribution in [2.24, 2.45) is 13.0 Å². The maximum absolute atomic E-state index is 14.4. The zero-order valence-electron chi connectivity index (χ0n) is 20.2. The van der Waals surface area contributed by atoms with E-state index in [4.69, 9.17) is 14.6 Å². The highest BCUT2D eigenvalue weighted by atomic mass is 19.1. The maximum Gasteiger partial charge on any atom is 0.222 e. The van der Waals surface area contributed by atoms with Gasteiger partial charge in [-0.15, -0.1) is 6.58 Å². The number of rotatable bonds is 13. The minimum atomic E-state index is -0.661. The lowest BCUT2D eigenvalue weighted by Gasteiger charge is -2.27. The van der Waals surface area contributed by atoms with Crippen LogP contribution in [0.3, 0.4) is 0 Å². The Balaban J connectivity index is 1.96. The zero-order chi connectivity index (χ0) is 24.5. The number of benzene rings is 2. The Hall–Kier alpha value is -3.00. The molecule has 1 heterocycles. The van der Waals surface area contributed by atoms with Crippen molar-refractivity contribution in [1.29, 1.82) is 0 Å². The first kappa shape index (κ1) is 25.6. The monoisotopic (exact) mass is 467 g/mol. The molecule has 3 aromatic rings. The SMILES string of the molecule is C=CCOC[C@H](O)CN(Cc1c(-c2ccccc2)nn(C)c1Oc1ccccc1F)CC(C)C. The minimum absolute atomic E-state index is 0.139. The second kappa shape index (κ2) is 12.5. The summed E-state index contributed by atoms with van der Waals surface area (Å²) in [6.45, 7) is 10.1. The van der Waals surface area contributed by atoms with Crippen LogP contribution in [0.4, 0.5) is 4.39 Å². The molecule has 0 saturated carbocycles.